The molecule has 2 rings (SSSR count). The van der Waals surface area contributed by atoms with Gasteiger partial charge in [0.1, 0.15) is 0 Å². The fraction of sp³-hybridized carbons (Fsp3) is 0.133. The smallest absolute Gasteiger partial charge is 0.180 e. The van der Waals surface area contributed by atoms with Crippen molar-refractivity contribution < 1.29 is 4.79 Å². The number of carbonyl (C=O) groups excluding carboxylic acids is 1. The zero-order valence-electron chi connectivity index (χ0n) is 9.60. The third-order valence-electron chi connectivity index (χ3n) is 2.81. The van der Waals surface area contributed by atoms with Crippen LogP contribution in [0.2, 0.25) is 0 Å². The molecule has 0 aliphatic carbocycles. The molecular formula is C15H15NO. The van der Waals surface area contributed by atoms with Gasteiger partial charge in [-0.25, -0.2) is 0 Å². The molecule has 0 saturated heterocycles. The molecule has 86 valence electrons. The number of carbonyl (C=O) groups is 1. The van der Waals surface area contributed by atoms with Crippen molar-refractivity contribution in [1.82, 2.24) is 0 Å². The van der Waals surface area contributed by atoms with Gasteiger partial charge in [-0.15, -0.1) is 6.58 Å². The summed E-state index contributed by atoms with van der Waals surface area (Å²) in [7, 11) is 0. The molecule has 1 unspecified atom stereocenters. The van der Waals surface area contributed by atoms with Crippen molar-refractivity contribution in [3.8, 4) is 0 Å². The minimum absolute atomic E-state index is 0.0262. The summed E-state index contributed by atoms with van der Waals surface area (Å²) in [6, 6.07) is 13.0. The third-order valence-corrected chi connectivity index (χ3v) is 2.81. The molecule has 0 aromatic heterocycles. The summed E-state index contributed by atoms with van der Waals surface area (Å²) < 4.78 is 0. The van der Waals surface area contributed by atoms with Crippen LogP contribution >= 0.6 is 0 Å². The summed E-state index contributed by atoms with van der Waals surface area (Å²) in [6.07, 6.45) is 2.18. The molecule has 2 nitrogen and oxygen atoms in total. The van der Waals surface area contributed by atoms with Gasteiger partial charge in [-0.1, -0.05) is 48.5 Å². The van der Waals surface area contributed by atoms with Crippen LogP contribution in [0, 0.1) is 0 Å². The Hall–Kier alpha value is -1.93. The van der Waals surface area contributed by atoms with Crippen molar-refractivity contribution >= 4 is 16.6 Å². The Kier molecular flexibility index (Phi) is 3.35. The predicted molar refractivity (Wildman–Crippen MR) is 71.1 cm³/mol. The number of hydrogen-bond donors (Lipinski definition) is 1. The van der Waals surface area contributed by atoms with E-state index in [1.165, 1.54) is 0 Å². The normalized spacial score (nSPS) is 12.3. The molecule has 0 aliphatic rings. The number of Topliss-reactive ketones (excluding diaryl/α,β-unsaturated/α-hetero) is 1. The van der Waals surface area contributed by atoms with E-state index in [1.807, 2.05) is 42.5 Å². The molecule has 0 heterocycles. The maximum absolute atomic E-state index is 12.2. The Morgan fingerprint density at radius 2 is 1.94 bits per heavy atom. The zero-order chi connectivity index (χ0) is 12.3. The van der Waals surface area contributed by atoms with Gasteiger partial charge in [0.05, 0.1) is 6.04 Å². The first kappa shape index (κ1) is 11.6. The highest BCUT2D eigenvalue weighted by atomic mass is 16.1. The van der Waals surface area contributed by atoms with E-state index in [4.69, 9.17) is 5.73 Å². The van der Waals surface area contributed by atoms with Gasteiger partial charge in [-0.05, 0) is 17.2 Å². The minimum atomic E-state index is -0.502. The lowest BCUT2D eigenvalue weighted by atomic mass is 9.96. The molecule has 17 heavy (non-hydrogen) atoms. The van der Waals surface area contributed by atoms with Crippen LogP contribution < -0.4 is 5.73 Å². The predicted octanol–water partition coefficient (Wildman–Crippen LogP) is 2.93. The van der Waals surface area contributed by atoms with E-state index < -0.39 is 6.04 Å². The molecule has 2 aromatic rings. The van der Waals surface area contributed by atoms with Gasteiger partial charge < -0.3 is 5.73 Å². The van der Waals surface area contributed by atoms with Crippen LogP contribution in [0.4, 0.5) is 0 Å². The third kappa shape index (κ3) is 2.27. The fourth-order valence-corrected chi connectivity index (χ4v) is 1.93. The summed E-state index contributed by atoms with van der Waals surface area (Å²) in [5.74, 6) is -0.0262. The van der Waals surface area contributed by atoms with Crippen molar-refractivity contribution in [2.45, 2.75) is 12.5 Å². The summed E-state index contributed by atoms with van der Waals surface area (Å²) in [6.45, 7) is 3.61. The largest absolute Gasteiger partial charge is 0.321 e. The van der Waals surface area contributed by atoms with E-state index in [1.54, 1.807) is 6.08 Å². The van der Waals surface area contributed by atoms with Crippen molar-refractivity contribution in [3.05, 3.63) is 60.7 Å². The van der Waals surface area contributed by atoms with Gasteiger partial charge in [0.15, 0.2) is 5.78 Å². The lowest BCUT2D eigenvalue weighted by molar-refractivity contribution is 0.0963. The molecule has 2 aromatic carbocycles. The standard InChI is InChI=1S/C15H15NO/c1-2-6-14(16)15(17)13-10-5-8-11-7-3-4-9-12(11)13/h2-5,7-10,14H,1,6,16H2. The molecular weight excluding hydrogens is 210 g/mol. The second kappa shape index (κ2) is 4.93. The number of rotatable bonds is 4. The van der Waals surface area contributed by atoms with Gasteiger partial charge in [0.2, 0.25) is 0 Å². The summed E-state index contributed by atoms with van der Waals surface area (Å²) in [5, 5.41) is 2.02. The van der Waals surface area contributed by atoms with Gasteiger partial charge in [-0.2, -0.15) is 0 Å². The van der Waals surface area contributed by atoms with Crippen LogP contribution in [0.5, 0.6) is 0 Å². The van der Waals surface area contributed by atoms with Gasteiger partial charge in [0, 0.05) is 5.56 Å². The van der Waals surface area contributed by atoms with Gasteiger partial charge >= 0.3 is 0 Å². The number of hydrogen-bond acceptors (Lipinski definition) is 2. The average molecular weight is 225 g/mol. The maximum atomic E-state index is 12.2. The fourth-order valence-electron chi connectivity index (χ4n) is 1.93. The Labute approximate surface area is 101 Å². The van der Waals surface area contributed by atoms with Crippen LogP contribution in [0.1, 0.15) is 16.8 Å². The van der Waals surface area contributed by atoms with Crippen molar-refractivity contribution in [2.75, 3.05) is 0 Å². The second-order valence-corrected chi connectivity index (χ2v) is 4.02. The molecule has 2 heteroatoms. The molecule has 0 fully saturated rings. The quantitative estimate of drug-likeness (QED) is 0.642. The summed E-state index contributed by atoms with van der Waals surface area (Å²) >= 11 is 0. The minimum Gasteiger partial charge on any atom is -0.321 e. The number of benzene rings is 2. The lowest BCUT2D eigenvalue weighted by Crippen LogP contribution is -2.29. The van der Waals surface area contributed by atoms with Crippen LogP contribution in [-0.4, -0.2) is 11.8 Å². The highest BCUT2D eigenvalue weighted by molar-refractivity contribution is 6.10. The van der Waals surface area contributed by atoms with Gasteiger partial charge in [-0.3, -0.25) is 4.79 Å². The molecule has 0 radical (unpaired) electrons. The Bertz CT molecular complexity index is 554. The van der Waals surface area contributed by atoms with E-state index in [2.05, 4.69) is 6.58 Å². The zero-order valence-corrected chi connectivity index (χ0v) is 9.60. The first-order chi connectivity index (χ1) is 8.24. The van der Waals surface area contributed by atoms with Crippen molar-refractivity contribution in [2.24, 2.45) is 5.73 Å². The van der Waals surface area contributed by atoms with Crippen LogP contribution in [0.3, 0.4) is 0 Å². The van der Waals surface area contributed by atoms with Crippen molar-refractivity contribution in [3.63, 3.8) is 0 Å². The average Bonchev–Trinajstić information content (AvgIpc) is 2.37. The molecule has 0 amide bonds. The topological polar surface area (TPSA) is 43.1 Å². The van der Waals surface area contributed by atoms with Crippen LogP contribution in [0.15, 0.2) is 55.1 Å². The summed E-state index contributed by atoms with van der Waals surface area (Å²) in [5.41, 5.74) is 6.52. The van der Waals surface area contributed by atoms with E-state index in [0.717, 1.165) is 10.8 Å². The number of fused-ring (bicyclic) bond motifs is 1. The van der Waals surface area contributed by atoms with E-state index in [-0.39, 0.29) is 5.78 Å². The SMILES string of the molecule is C=CCC(N)C(=O)c1cccc2ccccc12. The first-order valence-electron chi connectivity index (χ1n) is 5.62. The molecule has 0 bridgehead atoms. The number of nitrogens with two attached hydrogens (primary N) is 1. The highest BCUT2D eigenvalue weighted by Gasteiger charge is 2.16. The summed E-state index contributed by atoms with van der Waals surface area (Å²) in [4.78, 5) is 12.2. The lowest BCUT2D eigenvalue weighted by Gasteiger charge is -2.10. The first-order valence-corrected chi connectivity index (χ1v) is 5.62. The van der Waals surface area contributed by atoms with E-state index in [9.17, 15) is 4.79 Å². The van der Waals surface area contributed by atoms with Crippen LogP contribution in [0.25, 0.3) is 10.8 Å². The van der Waals surface area contributed by atoms with Crippen LogP contribution in [-0.2, 0) is 0 Å². The number of ketones is 1. The molecule has 2 N–H and O–H groups in total. The van der Waals surface area contributed by atoms with E-state index in [0.29, 0.717) is 12.0 Å². The maximum Gasteiger partial charge on any atom is 0.180 e. The van der Waals surface area contributed by atoms with E-state index >= 15 is 0 Å². The second-order valence-electron chi connectivity index (χ2n) is 4.02. The Morgan fingerprint density at radius 3 is 2.71 bits per heavy atom. The highest BCUT2D eigenvalue weighted by Crippen LogP contribution is 2.20. The monoisotopic (exact) mass is 225 g/mol. The molecule has 0 aliphatic heterocycles. The van der Waals surface area contributed by atoms with Gasteiger partial charge in [0.25, 0.3) is 0 Å². The van der Waals surface area contributed by atoms with Crippen molar-refractivity contribution in [1.29, 1.82) is 0 Å². The molecule has 1 atom stereocenters. The molecule has 0 spiro atoms. The molecule has 0 saturated carbocycles. The Balaban J connectivity index is 2.48. The Morgan fingerprint density at radius 1 is 1.24 bits per heavy atom.